The van der Waals surface area contributed by atoms with Gasteiger partial charge >= 0.3 is 11.9 Å². The Morgan fingerprint density at radius 2 is 1.93 bits per heavy atom. The van der Waals surface area contributed by atoms with Crippen LogP contribution < -0.4 is 0 Å². The zero-order valence-electron chi connectivity index (χ0n) is 15.8. The third kappa shape index (κ3) is 3.77. The van der Waals surface area contributed by atoms with Gasteiger partial charge in [0.25, 0.3) is 0 Å². The molecule has 1 heterocycles. The van der Waals surface area contributed by atoms with Crippen LogP contribution in [-0.4, -0.2) is 39.5 Å². The average Bonchev–Trinajstić information content (AvgIpc) is 3.16. The number of benzene rings is 1. The van der Waals surface area contributed by atoms with Crippen molar-refractivity contribution in [1.82, 2.24) is 9.55 Å². The minimum Gasteiger partial charge on any atom is -0.460 e. The Morgan fingerprint density at radius 3 is 2.56 bits per heavy atom. The number of imidazole rings is 1. The third-order valence-electron chi connectivity index (χ3n) is 4.13. The monoisotopic (exact) mass is 370 g/mol. The lowest BCUT2D eigenvalue weighted by atomic mass is 10.1. The van der Waals surface area contributed by atoms with Gasteiger partial charge in [0.05, 0.1) is 6.61 Å². The fourth-order valence-corrected chi connectivity index (χ4v) is 3.05. The van der Waals surface area contributed by atoms with Gasteiger partial charge < -0.3 is 14.0 Å². The van der Waals surface area contributed by atoms with Crippen molar-refractivity contribution in [3.05, 3.63) is 53.1 Å². The molecule has 27 heavy (non-hydrogen) atoms. The highest BCUT2D eigenvalue weighted by molar-refractivity contribution is 6.04. The zero-order chi connectivity index (χ0) is 19.8. The molecule has 1 aliphatic rings. The summed E-state index contributed by atoms with van der Waals surface area (Å²) in [6.07, 6.45) is 1.82. The molecule has 0 saturated carbocycles. The number of hydrogen-bond donors (Lipinski definition) is 0. The molecule has 2 aromatic rings. The van der Waals surface area contributed by atoms with Gasteiger partial charge in [0.1, 0.15) is 11.6 Å². The Balaban J connectivity index is 2.00. The standard InChI is InChI=1S/C20H22N2O5/c1-5-26-19(25)17-21-14(18(24)27-20(2,3)4)11-22(17)15-10-12-8-6-7-9-13(12)16(15)23/h6-9,11,15H,5,10H2,1-4H3. The molecule has 0 amide bonds. The number of nitrogens with zero attached hydrogens (tertiary/aromatic N) is 2. The van der Waals surface area contributed by atoms with E-state index in [1.54, 1.807) is 39.8 Å². The maximum Gasteiger partial charge on any atom is 0.374 e. The second-order valence-electron chi connectivity index (χ2n) is 7.32. The second kappa shape index (κ2) is 6.98. The lowest BCUT2D eigenvalue weighted by molar-refractivity contribution is 0.00630. The van der Waals surface area contributed by atoms with Gasteiger partial charge in [-0.3, -0.25) is 4.79 Å². The van der Waals surface area contributed by atoms with Crippen LogP contribution in [0.25, 0.3) is 0 Å². The molecule has 0 spiro atoms. The largest absolute Gasteiger partial charge is 0.460 e. The van der Waals surface area contributed by atoms with Crippen LogP contribution in [0, 0.1) is 0 Å². The molecule has 1 aromatic heterocycles. The number of hydrogen-bond acceptors (Lipinski definition) is 6. The second-order valence-corrected chi connectivity index (χ2v) is 7.32. The molecule has 0 radical (unpaired) electrons. The molecule has 0 saturated heterocycles. The quantitative estimate of drug-likeness (QED) is 0.769. The maximum absolute atomic E-state index is 12.8. The smallest absolute Gasteiger partial charge is 0.374 e. The predicted octanol–water partition coefficient (Wildman–Crippen LogP) is 3.00. The minimum atomic E-state index is -0.704. The first-order chi connectivity index (χ1) is 12.7. The summed E-state index contributed by atoms with van der Waals surface area (Å²) in [6.45, 7) is 7.06. The van der Waals surface area contributed by atoms with Crippen LogP contribution in [0.4, 0.5) is 0 Å². The number of rotatable bonds is 4. The van der Waals surface area contributed by atoms with Gasteiger partial charge in [0.2, 0.25) is 5.82 Å². The molecule has 0 N–H and O–H groups in total. The van der Waals surface area contributed by atoms with Crippen LogP contribution >= 0.6 is 0 Å². The number of ketones is 1. The summed E-state index contributed by atoms with van der Waals surface area (Å²) in [5.74, 6) is -1.54. The Kier molecular flexibility index (Phi) is 4.87. The first-order valence-corrected chi connectivity index (χ1v) is 8.82. The van der Waals surface area contributed by atoms with Crippen LogP contribution in [0.1, 0.15) is 70.8 Å². The molecule has 1 unspecified atom stereocenters. The van der Waals surface area contributed by atoms with E-state index in [2.05, 4.69) is 4.98 Å². The molecular weight excluding hydrogens is 348 g/mol. The van der Waals surface area contributed by atoms with Gasteiger partial charge in [-0.1, -0.05) is 24.3 Å². The normalized spacial score (nSPS) is 16.1. The Bertz CT molecular complexity index is 907. The van der Waals surface area contributed by atoms with Gasteiger partial charge in [0, 0.05) is 18.2 Å². The van der Waals surface area contributed by atoms with Crippen molar-refractivity contribution in [1.29, 1.82) is 0 Å². The first kappa shape index (κ1) is 18.8. The average molecular weight is 370 g/mol. The van der Waals surface area contributed by atoms with E-state index in [4.69, 9.17) is 9.47 Å². The Morgan fingerprint density at radius 1 is 1.22 bits per heavy atom. The molecule has 0 aliphatic heterocycles. The summed E-state index contributed by atoms with van der Waals surface area (Å²) in [4.78, 5) is 41.7. The SMILES string of the molecule is CCOC(=O)c1nc(C(=O)OC(C)(C)C)cn1C1Cc2ccccc2C1=O. The Hall–Kier alpha value is -2.96. The summed E-state index contributed by atoms with van der Waals surface area (Å²) in [7, 11) is 0. The summed E-state index contributed by atoms with van der Waals surface area (Å²) < 4.78 is 11.8. The van der Waals surface area contributed by atoms with E-state index in [1.807, 2.05) is 12.1 Å². The van der Waals surface area contributed by atoms with Gasteiger partial charge in [-0.05, 0) is 33.3 Å². The van der Waals surface area contributed by atoms with Crippen molar-refractivity contribution in [2.75, 3.05) is 6.61 Å². The van der Waals surface area contributed by atoms with Crippen LogP contribution in [0.2, 0.25) is 0 Å². The van der Waals surface area contributed by atoms with E-state index in [0.29, 0.717) is 12.0 Å². The fourth-order valence-electron chi connectivity index (χ4n) is 3.05. The molecular formula is C20H22N2O5. The number of ether oxygens (including phenoxy) is 2. The predicted molar refractivity (Wildman–Crippen MR) is 96.9 cm³/mol. The number of esters is 2. The Labute approximate surface area is 157 Å². The van der Waals surface area contributed by atoms with Gasteiger partial charge in [-0.2, -0.15) is 0 Å². The van der Waals surface area contributed by atoms with Crippen molar-refractivity contribution in [2.45, 2.75) is 45.8 Å². The lowest BCUT2D eigenvalue weighted by Crippen LogP contribution is -2.24. The van der Waals surface area contributed by atoms with E-state index in [9.17, 15) is 14.4 Å². The number of aromatic nitrogens is 2. The summed E-state index contributed by atoms with van der Waals surface area (Å²) >= 11 is 0. The highest BCUT2D eigenvalue weighted by Crippen LogP contribution is 2.31. The first-order valence-electron chi connectivity index (χ1n) is 8.82. The van der Waals surface area contributed by atoms with E-state index in [-0.39, 0.29) is 23.9 Å². The molecule has 0 fully saturated rings. The lowest BCUT2D eigenvalue weighted by Gasteiger charge is -2.18. The van der Waals surface area contributed by atoms with E-state index in [1.165, 1.54) is 10.8 Å². The summed E-state index contributed by atoms with van der Waals surface area (Å²) in [5.41, 5.74) is 0.779. The summed E-state index contributed by atoms with van der Waals surface area (Å²) in [6, 6.07) is 6.65. The highest BCUT2D eigenvalue weighted by Gasteiger charge is 2.36. The van der Waals surface area contributed by atoms with Crippen molar-refractivity contribution >= 4 is 17.7 Å². The van der Waals surface area contributed by atoms with Crippen LogP contribution in [0.15, 0.2) is 30.5 Å². The van der Waals surface area contributed by atoms with E-state index >= 15 is 0 Å². The molecule has 3 rings (SSSR count). The van der Waals surface area contributed by atoms with Crippen molar-refractivity contribution in [2.24, 2.45) is 0 Å². The zero-order valence-corrected chi connectivity index (χ0v) is 15.8. The highest BCUT2D eigenvalue weighted by atomic mass is 16.6. The molecule has 0 bridgehead atoms. The number of carbonyl (C=O) groups excluding carboxylic acids is 3. The molecule has 1 atom stereocenters. The van der Waals surface area contributed by atoms with Crippen LogP contribution in [-0.2, 0) is 15.9 Å². The van der Waals surface area contributed by atoms with Crippen LogP contribution in [0.5, 0.6) is 0 Å². The molecule has 7 heteroatoms. The minimum absolute atomic E-state index is 0.0308. The number of fused-ring (bicyclic) bond motifs is 1. The van der Waals surface area contributed by atoms with Gasteiger partial charge in [0.15, 0.2) is 11.5 Å². The number of carbonyl (C=O) groups is 3. The van der Waals surface area contributed by atoms with E-state index in [0.717, 1.165) is 5.56 Å². The maximum atomic E-state index is 12.8. The summed E-state index contributed by atoms with van der Waals surface area (Å²) in [5, 5.41) is 0. The molecule has 7 nitrogen and oxygen atoms in total. The third-order valence-corrected chi connectivity index (χ3v) is 4.13. The van der Waals surface area contributed by atoms with Gasteiger partial charge in [-0.25, -0.2) is 14.6 Å². The van der Waals surface area contributed by atoms with Crippen molar-refractivity contribution in [3.8, 4) is 0 Å². The van der Waals surface area contributed by atoms with Crippen molar-refractivity contribution in [3.63, 3.8) is 0 Å². The van der Waals surface area contributed by atoms with Crippen LogP contribution in [0.3, 0.4) is 0 Å². The fraction of sp³-hybridized carbons (Fsp3) is 0.400. The molecule has 1 aromatic carbocycles. The number of Topliss-reactive ketones (excluding diaryl/α,β-unsaturated/α-hetero) is 1. The van der Waals surface area contributed by atoms with E-state index < -0.39 is 23.6 Å². The molecule has 1 aliphatic carbocycles. The van der Waals surface area contributed by atoms with Gasteiger partial charge in [-0.15, -0.1) is 0 Å². The van der Waals surface area contributed by atoms with Crippen molar-refractivity contribution < 1.29 is 23.9 Å². The molecule has 142 valence electrons. The topological polar surface area (TPSA) is 87.5 Å².